The number of nitrogens with zero attached hydrogens (tertiary/aromatic N) is 1. The van der Waals surface area contributed by atoms with Crippen molar-refractivity contribution >= 4 is 17.7 Å². The molecule has 0 aromatic heterocycles. The van der Waals surface area contributed by atoms with Crippen molar-refractivity contribution in [3.63, 3.8) is 0 Å². The zero-order valence-electron chi connectivity index (χ0n) is 12.0. The third kappa shape index (κ3) is 2.73. The van der Waals surface area contributed by atoms with E-state index in [1.807, 2.05) is 24.3 Å². The Hall–Kier alpha value is -2.04. The second-order valence-corrected chi connectivity index (χ2v) is 6.02. The number of carboxylic acids is 1. The second kappa shape index (κ2) is 5.39. The number of carbonyl (C=O) groups is 2. The topological polar surface area (TPSA) is 69.6 Å². The molecule has 0 bridgehead atoms. The Morgan fingerprint density at radius 2 is 1.95 bits per heavy atom. The van der Waals surface area contributed by atoms with E-state index in [1.165, 1.54) is 5.56 Å². The molecule has 1 aromatic rings. The number of fused-ring (bicyclic) bond motifs is 1. The van der Waals surface area contributed by atoms with Crippen molar-refractivity contribution in [2.24, 2.45) is 0 Å². The molecule has 3 rings (SSSR count). The number of anilines is 1. The number of nitrogens with one attached hydrogen (secondary N) is 1. The molecule has 1 saturated carbocycles. The van der Waals surface area contributed by atoms with Gasteiger partial charge in [-0.15, -0.1) is 0 Å². The summed E-state index contributed by atoms with van der Waals surface area (Å²) in [7, 11) is 0. The lowest BCUT2D eigenvalue weighted by molar-refractivity contribution is -0.138. The molecule has 2 N–H and O–H groups in total. The van der Waals surface area contributed by atoms with Crippen molar-refractivity contribution in [3.05, 3.63) is 29.8 Å². The first kappa shape index (κ1) is 13.9. The maximum atomic E-state index is 12.6. The van der Waals surface area contributed by atoms with Gasteiger partial charge in [-0.05, 0) is 30.9 Å². The Morgan fingerprint density at radius 1 is 1.24 bits per heavy atom. The van der Waals surface area contributed by atoms with E-state index in [4.69, 9.17) is 5.11 Å². The Labute approximate surface area is 123 Å². The van der Waals surface area contributed by atoms with Gasteiger partial charge in [0, 0.05) is 12.2 Å². The third-order valence-electron chi connectivity index (χ3n) is 4.55. The quantitative estimate of drug-likeness (QED) is 0.898. The van der Waals surface area contributed by atoms with Crippen LogP contribution >= 0.6 is 0 Å². The van der Waals surface area contributed by atoms with Gasteiger partial charge in [0.1, 0.15) is 0 Å². The number of rotatable bonds is 3. The van der Waals surface area contributed by atoms with Gasteiger partial charge in [0.25, 0.3) is 0 Å². The number of para-hydroxylation sites is 1. The molecule has 5 heteroatoms. The largest absolute Gasteiger partial charge is 0.481 e. The van der Waals surface area contributed by atoms with Crippen LogP contribution in [-0.4, -0.2) is 29.2 Å². The van der Waals surface area contributed by atoms with Gasteiger partial charge >= 0.3 is 12.0 Å². The molecule has 1 fully saturated rings. The molecule has 1 aromatic carbocycles. The summed E-state index contributed by atoms with van der Waals surface area (Å²) in [5.74, 6) is -0.848. The minimum absolute atomic E-state index is 0.00816. The number of carboxylic acid groups (broad SMARTS) is 1. The van der Waals surface area contributed by atoms with E-state index in [0.717, 1.165) is 37.8 Å². The predicted octanol–water partition coefficient (Wildman–Crippen LogP) is 2.55. The van der Waals surface area contributed by atoms with Crippen LogP contribution in [0.15, 0.2) is 24.3 Å². The molecule has 0 unspecified atom stereocenters. The molecule has 0 atom stereocenters. The highest BCUT2D eigenvalue weighted by Gasteiger charge is 2.39. The molecule has 2 aliphatic rings. The van der Waals surface area contributed by atoms with Crippen molar-refractivity contribution in [1.82, 2.24) is 5.32 Å². The first-order chi connectivity index (χ1) is 10.1. The van der Waals surface area contributed by atoms with Crippen LogP contribution in [0.5, 0.6) is 0 Å². The number of hydrogen-bond acceptors (Lipinski definition) is 2. The fourth-order valence-corrected chi connectivity index (χ4v) is 3.53. The predicted molar refractivity (Wildman–Crippen MR) is 79.5 cm³/mol. The average molecular weight is 288 g/mol. The number of hydrogen-bond donors (Lipinski definition) is 2. The van der Waals surface area contributed by atoms with Gasteiger partial charge < -0.3 is 10.4 Å². The molecule has 1 aliphatic heterocycles. The Bertz CT molecular complexity index is 564. The summed E-state index contributed by atoms with van der Waals surface area (Å²) in [5.41, 5.74) is 1.55. The van der Waals surface area contributed by atoms with Crippen molar-refractivity contribution in [3.8, 4) is 0 Å². The average Bonchev–Trinajstić information content (AvgIpc) is 3.04. The Kier molecular flexibility index (Phi) is 3.57. The van der Waals surface area contributed by atoms with Gasteiger partial charge in [-0.3, -0.25) is 9.69 Å². The SMILES string of the molecule is O=C(O)CC1(NC(=O)N2CCc3ccccc32)CCCC1. The molecule has 0 radical (unpaired) electrons. The molecule has 112 valence electrons. The van der Waals surface area contributed by atoms with Crippen molar-refractivity contribution in [1.29, 1.82) is 0 Å². The smallest absolute Gasteiger partial charge is 0.322 e. The highest BCUT2D eigenvalue weighted by molar-refractivity contribution is 5.95. The lowest BCUT2D eigenvalue weighted by Gasteiger charge is -2.31. The minimum atomic E-state index is -0.848. The van der Waals surface area contributed by atoms with E-state index >= 15 is 0 Å². The minimum Gasteiger partial charge on any atom is -0.481 e. The summed E-state index contributed by atoms with van der Waals surface area (Å²) < 4.78 is 0. The van der Waals surface area contributed by atoms with E-state index in [2.05, 4.69) is 5.32 Å². The molecule has 0 spiro atoms. The monoisotopic (exact) mass is 288 g/mol. The van der Waals surface area contributed by atoms with Crippen LogP contribution in [0.3, 0.4) is 0 Å². The van der Waals surface area contributed by atoms with Crippen LogP contribution < -0.4 is 10.2 Å². The zero-order valence-corrected chi connectivity index (χ0v) is 12.0. The molecule has 5 nitrogen and oxygen atoms in total. The zero-order chi connectivity index (χ0) is 14.9. The van der Waals surface area contributed by atoms with Crippen LogP contribution in [0, 0.1) is 0 Å². The molecule has 1 aliphatic carbocycles. The summed E-state index contributed by atoms with van der Waals surface area (Å²) in [6.45, 7) is 0.661. The van der Waals surface area contributed by atoms with Gasteiger partial charge in [0.2, 0.25) is 0 Å². The van der Waals surface area contributed by atoms with Crippen molar-refractivity contribution in [2.45, 2.75) is 44.1 Å². The first-order valence-electron chi connectivity index (χ1n) is 7.49. The van der Waals surface area contributed by atoms with Crippen LogP contribution in [-0.2, 0) is 11.2 Å². The van der Waals surface area contributed by atoms with E-state index in [0.29, 0.717) is 6.54 Å². The highest BCUT2D eigenvalue weighted by atomic mass is 16.4. The number of carbonyl (C=O) groups excluding carboxylic acids is 1. The standard InChI is InChI=1S/C16H20N2O3/c19-14(20)11-16(8-3-4-9-16)17-15(21)18-10-7-12-5-1-2-6-13(12)18/h1-2,5-6H,3-4,7-11H2,(H,17,21)(H,19,20). The van der Waals surface area contributed by atoms with E-state index in [-0.39, 0.29) is 12.5 Å². The molecular weight excluding hydrogens is 268 g/mol. The number of amides is 2. The summed E-state index contributed by atoms with van der Waals surface area (Å²) in [6.07, 6.45) is 4.32. The van der Waals surface area contributed by atoms with Crippen LogP contribution in [0.25, 0.3) is 0 Å². The molecule has 1 heterocycles. The fourth-order valence-electron chi connectivity index (χ4n) is 3.53. The maximum Gasteiger partial charge on any atom is 0.322 e. The third-order valence-corrected chi connectivity index (χ3v) is 4.55. The summed E-state index contributed by atoms with van der Waals surface area (Å²) in [5, 5.41) is 12.1. The summed E-state index contributed by atoms with van der Waals surface area (Å²) in [4.78, 5) is 25.4. The number of benzene rings is 1. The van der Waals surface area contributed by atoms with Crippen LogP contribution in [0.1, 0.15) is 37.7 Å². The van der Waals surface area contributed by atoms with Gasteiger partial charge in [-0.25, -0.2) is 4.79 Å². The molecule has 0 saturated heterocycles. The Morgan fingerprint density at radius 3 is 2.67 bits per heavy atom. The molecule has 2 amide bonds. The first-order valence-corrected chi connectivity index (χ1v) is 7.49. The molecule has 21 heavy (non-hydrogen) atoms. The lowest BCUT2D eigenvalue weighted by atomic mass is 9.93. The lowest BCUT2D eigenvalue weighted by Crippen LogP contribution is -2.52. The van der Waals surface area contributed by atoms with Crippen molar-refractivity contribution in [2.75, 3.05) is 11.4 Å². The Balaban J connectivity index is 1.75. The van der Waals surface area contributed by atoms with Crippen molar-refractivity contribution < 1.29 is 14.7 Å². The van der Waals surface area contributed by atoms with Gasteiger partial charge in [0.15, 0.2) is 0 Å². The maximum absolute atomic E-state index is 12.6. The van der Waals surface area contributed by atoms with Gasteiger partial charge in [-0.1, -0.05) is 31.0 Å². The van der Waals surface area contributed by atoms with Crippen LogP contribution in [0.4, 0.5) is 10.5 Å². The normalized spacial score (nSPS) is 19.3. The second-order valence-electron chi connectivity index (χ2n) is 6.02. The van der Waals surface area contributed by atoms with Crippen LogP contribution in [0.2, 0.25) is 0 Å². The molecular formula is C16H20N2O3. The van der Waals surface area contributed by atoms with Gasteiger partial charge in [0.05, 0.1) is 12.0 Å². The number of aliphatic carboxylic acids is 1. The van der Waals surface area contributed by atoms with E-state index in [1.54, 1.807) is 4.90 Å². The van der Waals surface area contributed by atoms with Gasteiger partial charge in [-0.2, -0.15) is 0 Å². The highest BCUT2D eigenvalue weighted by Crippen LogP contribution is 2.34. The number of urea groups is 1. The summed E-state index contributed by atoms with van der Waals surface area (Å²) >= 11 is 0. The fraction of sp³-hybridized carbons (Fsp3) is 0.500. The van der Waals surface area contributed by atoms with E-state index in [9.17, 15) is 9.59 Å². The van der Waals surface area contributed by atoms with E-state index < -0.39 is 11.5 Å². The summed E-state index contributed by atoms with van der Waals surface area (Å²) in [6, 6.07) is 7.71.